The van der Waals surface area contributed by atoms with Gasteiger partial charge in [-0.25, -0.2) is 0 Å². The summed E-state index contributed by atoms with van der Waals surface area (Å²) in [6.07, 6.45) is 0.681. The number of hydrogen-bond donors (Lipinski definition) is 1. The van der Waals surface area contributed by atoms with E-state index in [0.29, 0.717) is 6.42 Å². The third-order valence-corrected chi connectivity index (χ3v) is 3.64. The Morgan fingerprint density at radius 2 is 1.75 bits per heavy atom. The standard InChI is InChI=1S/C16H17N3O5/c1-3-14(11-4-7-13(24-2)8-5-11)17-15-9-6-12(18(20)21)10-16(15)19(22)23/h4-10,14,17H,3H2,1-2H3/t14-/m1/s1. The first-order chi connectivity index (χ1) is 11.5. The van der Waals surface area contributed by atoms with Crippen molar-refractivity contribution in [2.24, 2.45) is 0 Å². The van der Waals surface area contributed by atoms with Gasteiger partial charge in [-0.3, -0.25) is 20.2 Å². The zero-order valence-electron chi connectivity index (χ0n) is 13.3. The predicted octanol–water partition coefficient (Wildman–Crippen LogP) is 4.07. The van der Waals surface area contributed by atoms with Gasteiger partial charge in [0.1, 0.15) is 11.4 Å². The Kier molecular flexibility index (Phi) is 5.31. The highest BCUT2D eigenvalue weighted by Crippen LogP contribution is 2.33. The van der Waals surface area contributed by atoms with Gasteiger partial charge in [-0.15, -0.1) is 0 Å². The second kappa shape index (κ2) is 7.40. The molecule has 1 atom stereocenters. The summed E-state index contributed by atoms with van der Waals surface area (Å²) in [7, 11) is 1.57. The summed E-state index contributed by atoms with van der Waals surface area (Å²) < 4.78 is 5.11. The smallest absolute Gasteiger partial charge is 0.299 e. The number of nitrogens with zero attached hydrogens (tertiary/aromatic N) is 2. The van der Waals surface area contributed by atoms with E-state index in [9.17, 15) is 20.2 Å². The molecule has 0 saturated heterocycles. The summed E-state index contributed by atoms with van der Waals surface area (Å²) in [4.78, 5) is 20.7. The summed E-state index contributed by atoms with van der Waals surface area (Å²) in [5.74, 6) is 0.718. The molecular formula is C16H17N3O5. The molecule has 126 valence electrons. The van der Waals surface area contributed by atoms with Crippen LogP contribution in [0.4, 0.5) is 17.1 Å². The highest BCUT2D eigenvalue weighted by atomic mass is 16.6. The maximum Gasteiger partial charge on any atom is 0.299 e. The summed E-state index contributed by atoms with van der Waals surface area (Å²) in [5.41, 5.74) is 0.542. The van der Waals surface area contributed by atoms with Gasteiger partial charge in [0.15, 0.2) is 0 Å². The largest absolute Gasteiger partial charge is 0.497 e. The minimum atomic E-state index is -0.655. The van der Waals surface area contributed by atoms with Crippen molar-refractivity contribution in [2.75, 3.05) is 12.4 Å². The second-order valence-electron chi connectivity index (χ2n) is 5.09. The molecule has 0 saturated carbocycles. The molecule has 0 fully saturated rings. The van der Waals surface area contributed by atoms with Crippen LogP contribution in [0.3, 0.4) is 0 Å². The maximum absolute atomic E-state index is 11.2. The zero-order chi connectivity index (χ0) is 17.7. The normalized spacial score (nSPS) is 11.6. The molecule has 2 rings (SSSR count). The van der Waals surface area contributed by atoms with E-state index in [1.54, 1.807) is 7.11 Å². The van der Waals surface area contributed by atoms with E-state index in [1.165, 1.54) is 12.1 Å². The van der Waals surface area contributed by atoms with Crippen LogP contribution in [-0.2, 0) is 0 Å². The number of anilines is 1. The van der Waals surface area contributed by atoms with Crippen molar-refractivity contribution in [2.45, 2.75) is 19.4 Å². The number of non-ortho nitro benzene ring substituents is 1. The van der Waals surface area contributed by atoms with Crippen LogP contribution >= 0.6 is 0 Å². The van der Waals surface area contributed by atoms with Crippen molar-refractivity contribution >= 4 is 17.1 Å². The maximum atomic E-state index is 11.2. The van der Waals surface area contributed by atoms with Crippen molar-refractivity contribution in [1.29, 1.82) is 0 Å². The van der Waals surface area contributed by atoms with E-state index in [4.69, 9.17) is 4.74 Å². The van der Waals surface area contributed by atoms with Gasteiger partial charge in [-0.2, -0.15) is 0 Å². The minimum absolute atomic E-state index is 0.170. The third-order valence-electron chi connectivity index (χ3n) is 3.64. The molecule has 0 amide bonds. The van der Waals surface area contributed by atoms with Crippen molar-refractivity contribution in [3.63, 3.8) is 0 Å². The van der Waals surface area contributed by atoms with Crippen molar-refractivity contribution in [1.82, 2.24) is 0 Å². The fraction of sp³-hybridized carbons (Fsp3) is 0.250. The Bertz CT molecular complexity index is 746. The molecule has 8 heteroatoms. The summed E-state index contributed by atoms with van der Waals surface area (Å²) in [6.45, 7) is 1.94. The fourth-order valence-corrected chi connectivity index (χ4v) is 2.35. The molecule has 1 N–H and O–H groups in total. The van der Waals surface area contributed by atoms with Gasteiger partial charge in [0.05, 0.1) is 29.1 Å². The Hall–Kier alpha value is -3.16. The van der Waals surface area contributed by atoms with Crippen LogP contribution < -0.4 is 10.1 Å². The van der Waals surface area contributed by atoms with E-state index < -0.39 is 9.85 Å². The van der Waals surface area contributed by atoms with Crippen LogP contribution in [0, 0.1) is 20.2 Å². The molecule has 2 aromatic rings. The topological polar surface area (TPSA) is 108 Å². The first kappa shape index (κ1) is 17.2. The van der Waals surface area contributed by atoms with Gasteiger partial charge >= 0.3 is 0 Å². The number of benzene rings is 2. The van der Waals surface area contributed by atoms with E-state index in [1.807, 2.05) is 31.2 Å². The minimum Gasteiger partial charge on any atom is -0.497 e. The van der Waals surface area contributed by atoms with E-state index in [-0.39, 0.29) is 23.1 Å². The first-order valence-electron chi connectivity index (χ1n) is 7.29. The van der Waals surface area contributed by atoms with Crippen LogP contribution in [0.5, 0.6) is 5.75 Å². The van der Waals surface area contributed by atoms with E-state index in [0.717, 1.165) is 17.4 Å². The van der Waals surface area contributed by atoms with Crippen LogP contribution in [-0.4, -0.2) is 17.0 Å². The molecule has 0 bridgehead atoms. The highest BCUT2D eigenvalue weighted by molar-refractivity contribution is 5.66. The van der Waals surface area contributed by atoms with Crippen molar-refractivity contribution in [3.05, 3.63) is 68.3 Å². The lowest BCUT2D eigenvalue weighted by Crippen LogP contribution is -2.11. The van der Waals surface area contributed by atoms with Gasteiger partial charge in [0.25, 0.3) is 11.4 Å². The molecule has 24 heavy (non-hydrogen) atoms. The molecule has 0 aliphatic rings. The Morgan fingerprint density at radius 1 is 1.08 bits per heavy atom. The first-order valence-corrected chi connectivity index (χ1v) is 7.29. The Morgan fingerprint density at radius 3 is 2.25 bits per heavy atom. The molecule has 0 unspecified atom stereocenters. The number of hydrogen-bond acceptors (Lipinski definition) is 6. The Labute approximate surface area is 138 Å². The summed E-state index contributed by atoms with van der Waals surface area (Å²) in [6, 6.07) is 10.8. The third kappa shape index (κ3) is 3.78. The molecule has 2 aromatic carbocycles. The molecular weight excluding hydrogens is 314 g/mol. The lowest BCUT2D eigenvalue weighted by molar-refractivity contribution is -0.393. The van der Waals surface area contributed by atoms with E-state index in [2.05, 4.69) is 5.32 Å². The number of methoxy groups -OCH3 is 1. The fourth-order valence-electron chi connectivity index (χ4n) is 2.35. The zero-order valence-corrected chi connectivity index (χ0v) is 13.3. The molecule has 0 aliphatic carbocycles. The van der Waals surface area contributed by atoms with Crippen LogP contribution in [0.15, 0.2) is 42.5 Å². The summed E-state index contributed by atoms with van der Waals surface area (Å²) in [5, 5.41) is 25.1. The van der Waals surface area contributed by atoms with Gasteiger partial charge in [0, 0.05) is 6.07 Å². The number of nitrogens with one attached hydrogen (secondary N) is 1. The average Bonchev–Trinajstić information content (AvgIpc) is 2.59. The van der Waals surface area contributed by atoms with Crippen LogP contribution in [0.1, 0.15) is 24.9 Å². The molecule has 0 aromatic heterocycles. The molecule has 0 spiro atoms. The van der Waals surface area contributed by atoms with Crippen molar-refractivity contribution < 1.29 is 14.6 Å². The lowest BCUT2D eigenvalue weighted by Gasteiger charge is -2.19. The number of nitro groups is 2. The monoisotopic (exact) mass is 331 g/mol. The van der Waals surface area contributed by atoms with Crippen LogP contribution in [0.25, 0.3) is 0 Å². The predicted molar refractivity (Wildman–Crippen MR) is 89.4 cm³/mol. The van der Waals surface area contributed by atoms with Gasteiger partial charge in [-0.1, -0.05) is 19.1 Å². The van der Waals surface area contributed by atoms with Crippen LogP contribution in [0.2, 0.25) is 0 Å². The molecule has 8 nitrogen and oxygen atoms in total. The van der Waals surface area contributed by atoms with Crippen molar-refractivity contribution in [3.8, 4) is 5.75 Å². The van der Waals surface area contributed by atoms with E-state index >= 15 is 0 Å². The summed E-state index contributed by atoms with van der Waals surface area (Å²) >= 11 is 0. The lowest BCUT2D eigenvalue weighted by atomic mass is 10.0. The van der Waals surface area contributed by atoms with Gasteiger partial charge in [-0.05, 0) is 30.2 Å². The SMILES string of the molecule is CC[C@@H](Nc1ccc([N+](=O)[O-])cc1[N+](=O)[O-])c1ccc(OC)cc1. The Balaban J connectivity index is 2.32. The highest BCUT2D eigenvalue weighted by Gasteiger charge is 2.21. The van der Waals surface area contributed by atoms with Gasteiger partial charge < -0.3 is 10.1 Å². The van der Waals surface area contributed by atoms with Gasteiger partial charge in [0.2, 0.25) is 0 Å². The number of ether oxygens (including phenoxy) is 1. The number of rotatable bonds is 7. The quantitative estimate of drug-likeness (QED) is 0.605. The number of nitro benzene ring substituents is 2. The second-order valence-corrected chi connectivity index (χ2v) is 5.09. The molecule has 0 heterocycles. The molecule has 0 radical (unpaired) electrons. The molecule has 0 aliphatic heterocycles. The average molecular weight is 331 g/mol.